The van der Waals surface area contributed by atoms with Crippen LogP contribution in [0.4, 0.5) is 0 Å². The van der Waals surface area contributed by atoms with Gasteiger partial charge < -0.3 is 24.8 Å². The second-order valence-electron chi connectivity index (χ2n) is 4.23. The van der Waals surface area contributed by atoms with Gasteiger partial charge in [0.1, 0.15) is 0 Å². The molecule has 16 heavy (non-hydrogen) atoms. The van der Waals surface area contributed by atoms with E-state index in [1.54, 1.807) is 47.0 Å². The molecule has 1 atom stereocenters. The van der Waals surface area contributed by atoms with E-state index in [1.807, 2.05) is 0 Å². The number of fused-ring (bicyclic) bond motifs is 2. The summed E-state index contributed by atoms with van der Waals surface area (Å²) < 4.78 is 0.786. The van der Waals surface area contributed by atoms with E-state index < -0.39 is 0 Å². The summed E-state index contributed by atoms with van der Waals surface area (Å²) in [6, 6.07) is 9.02. The van der Waals surface area contributed by atoms with Crippen molar-refractivity contribution in [2.45, 2.75) is 29.3 Å². The molecule has 2 aliphatic rings. The molecular weight excluding hydrogens is 318 g/mol. The van der Waals surface area contributed by atoms with Gasteiger partial charge in [-0.1, -0.05) is 0 Å². The van der Waals surface area contributed by atoms with Gasteiger partial charge in [-0.25, -0.2) is 0 Å². The first-order chi connectivity index (χ1) is 6.88. The van der Waals surface area contributed by atoms with Gasteiger partial charge in [-0.2, -0.15) is 0 Å². The molecule has 3 rings (SSSR count). The zero-order valence-electron chi connectivity index (χ0n) is 8.97. The molecule has 0 heterocycles. The minimum atomic E-state index is 0. The Kier molecular flexibility index (Phi) is 5.29. The molecule has 3 heteroatoms. The van der Waals surface area contributed by atoms with Crippen molar-refractivity contribution in [3.8, 4) is 0 Å². The fourth-order valence-electron chi connectivity index (χ4n) is 2.77. The maximum atomic E-state index is 2.33. The average Bonchev–Trinajstić information content (AvgIpc) is 2.55. The van der Waals surface area contributed by atoms with Gasteiger partial charge in [0.2, 0.25) is 0 Å². The molecule has 0 bridgehead atoms. The van der Waals surface area contributed by atoms with Gasteiger partial charge in [-0.05, 0) is 0 Å². The molecule has 0 nitrogen and oxygen atoms in total. The van der Waals surface area contributed by atoms with Crippen LogP contribution in [0.3, 0.4) is 0 Å². The van der Waals surface area contributed by atoms with Crippen molar-refractivity contribution in [3.63, 3.8) is 0 Å². The molecular formula is C13H13Cl2Zr. The van der Waals surface area contributed by atoms with Gasteiger partial charge >= 0.3 is 101 Å². The Morgan fingerprint density at radius 3 is 2.50 bits per heavy atom. The van der Waals surface area contributed by atoms with Crippen molar-refractivity contribution in [2.75, 3.05) is 0 Å². The second kappa shape index (κ2) is 5.85. The summed E-state index contributed by atoms with van der Waals surface area (Å²) in [5, 5.41) is 0. The zero-order valence-corrected chi connectivity index (χ0v) is 12.9. The normalized spacial score (nSPS) is 21.8. The van der Waals surface area contributed by atoms with Crippen LogP contribution in [0.2, 0.25) is 0 Å². The molecule has 83 valence electrons. The Morgan fingerprint density at radius 1 is 1.00 bits per heavy atom. The summed E-state index contributed by atoms with van der Waals surface area (Å²) in [4.78, 5) is 0. The van der Waals surface area contributed by atoms with Crippen LogP contribution >= 0.6 is 0 Å². The van der Waals surface area contributed by atoms with Crippen molar-refractivity contribution < 1.29 is 49.5 Å². The third-order valence-electron chi connectivity index (χ3n) is 3.46. The second-order valence-corrected chi connectivity index (χ2v) is 5.65. The van der Waals surface area contributed by atoms with E-state index in [4.69, 9.17) is 0 Å². The van der Waals surface area contributed by atoms with Crippen molar-refractivity contribution in [1.29, 1.82) is 0 Å². The first-order valence-electron chi connectivity index (χ1n) is 5.40. The third kappa shape index (κ3) is 2.19. The predicted molar refractivity (Wildman–Crippen MR) is 54.6 cm³/mol. The molecule has 0 N–H and O–H groups in total. The Labute approximate surface area is 125 Å². The SMILES string of the molecule is [Cl-].[Cl-].[Zr+2][CH]1C2=C(CCCC2)c2ccccc21. The number of allylic oxidation sites excluding steroid dienone is 2. The van der Waals surface area contributed by atoms with E-state index in [0.29, 0.717) is 0 Å². The van der Waals surface area contributed by atoms with E-state index in [0.717, 1.165) is 3.63 Å². The van der Waals surface area contributed by atoms with Gasteiger partial charge in [0.05, 0.1) is 0 Å². The van der Waals surface area contributed by atoms with Crippen LogP contribution in [0.5, 0.6) is 0 Å². The molecule has 1 unspecified atom stereocenters. The monoisotopic (exact) mass is 329 g/mol. The minimum absolute atomic E-state index is 0. The molecule has 1 aromatic carbocycles. The first kappa shape index (κ1) is 14.5. The Hall–Kier alpha value is 0.423. The van der Waals surface area contributed by atoms with Crippen LogP contribution in [-0.4, -0.2) is 0 Å². The molecule has 0 spiro atoms. The van der Waals surface area contributed by atoms with Gasteiger partial charge in [-0.3, -0.25) is 0 Å². The van der Waals surface area contributed by atoms with Gasteiger partial charge in [0.25, 0.3) is 0 Å². The summed E-state index contributed by atoms with van der Waals surface area (Å²) >= 11 is 1.67. The number of halogens is 2. The summed E-state index contributed by atoms with van der Waals surface area (Å²) in [6.07, 6.45) is 5.50. The fraction of sp³-hybridized carbons (Fsp3) is 0.385. The van der Waals surface area contributed by atoms with Crippen LogP contribution < -0.4 is 24.8 Å². The van der Waals surface area contributed by atoms with E-state index in [2.05, 4.69) is 24.3 Å². The van der Waals surface area contributed by atoms with Crippen molar-refractivity contribution >= 4 is 5.57 Å². The van der Waals surface area contributed by atoms with E-state index >= 15 is 0 Å². The third-order valence-corrected chi connectivity index (χ3v) is 5.08. The van der Waals surface area contributed by atoms with E-state index in [1.165, 1.54) is 25.7 Å². The van der Waals surface area contributed by atoms with Crippen LogP contribution in [0.15, 0.2) is 29.8 Å². The Morgan fingerprint density at radius 2 is 1.69 bits per heavy atom. The van der Waals surface area contributed by atoms with Crippen LogP contribution in [0.25, 0.3) is 5.57 Å². The molecule has 0 amide bonds. The van der Waals surface area contributed by atoms with Crippen molar-refractivity contribution in [1.82, 2.24) is 0 Å². The molecule has 0 aliphatic heterocycles. The number of hydrogen-bond acceptors (Lipinski definition) is 0. The van der Waals surface area contributed by atoms with E-state index in [9.17, 15) is 0 Å². The van der Waals surface area contributed by atoms with E-state index in [-0.39, 0.29) is 24.8 Å². The standard InChI is InChI=1S/C13H13.2ClH.Zr/c1-3-7-12-10(5-1)9-11-6-2-4-8-13(11)12;;;/h1,3,5,7,9H,2,4,6,8H2;2*1H;/q;;;+2/p-2. The molecule has 0 saturated carbocycles. The van der Waals surface area contributed by atoms with Gasteiger partial charge in [0, 0.05) is 0 Å². The van der Waals surface area contributed by atoms with Crippen molar-refractivity contribution in [3.05, 3.63) is 41.0 Å². The van der Waals surface area contributed by atoms with Crippen LogP contribution in [-0.2, 0) is 24.7 Å². The predicted octanol–water partition coefficient (Wildman–Crippen LogP) is -2.38. The molecule has 2 aliphatic carbocycles. The summed E-state index contributed by atoms with van der Waals surface area (Å²) in [5.41, 5.74) is 6.66. The Balaban J connectivity index is 0.000000640. The Bertz CT molecular complexity index is 412. The number of hydrogen-bond donors (Lipinski definition) is 0. The van der Waals surface area contributed by atoms with Crippen LogP contribution in [0.1, 0.15) is 40.4 Å². The molecule has 0 saturated heterocycles. The number of rotatable bonds is 0. The summed E-state index contributed by atoms with van der Waals surface area (Å²) in [7, 11) is 0. The number of benzene rings is 1. The van der Waals surface area contributed by atoms with Crippen LogP contribution in [0, 0.1) is 0 Å². The summed E-state index contributed by atoms with van der Waals surface area (Å²) in [5.74, 6) is 0. The fourth-order valence-corrected chi connectivity index (χ4v) is 4.17. The molecule has 0 fully saturated rings. The molecule has 1 aromatic rings. The quantitative estimate of drug-likeness (QED) is 0.498. The maximum absolute atomic E-state index is 2.33. The van der Waals surface area contributed by atoms with Gasteiger partial charge in [0.15, 0.2) is 0 Å². The molecule has 0 aromatic heterocycles. The van der Waals surface area contributed by atoms with Crippen molar-refractivity contribution in [2.24, 2.45) is 0 Å². The summed E-state index contributed by atoms with van der Waals surface area (Å²) in [6.45, 7) is 0. The first-order valence-corrected chi connectivity index (χ1v) is 6.82. The average molecular weight is 331 g/mol. The topological polar surface area (TPSA) is 0 Å². The molecule has 0 radical (unpaired) electrons. The van der Waals surface area contributed by atoms with Gasteiger partial charge in [-0.15, -0.1) is 0 Å². The zero-order chi connectivity index (χ0) is 9.54.